The molecule has 0 radical (unpaired) electrons. The zero-order chi connectivity index (χ0) is 56.9. The molecule has 0 unspecified atom stereocenters. The maximum absolute atomic E-state index is 14.9. The highest BCUT2D eigenvalue weighted by atomic mass is 33.1. The lowest BCUT2D eigenvalue weighted by molar-refractivity contribution is -0.142. The number of nitrogens with two attached hydrogens (primary N) is 5. The van der Waals surface area contributed by atoms with Crippen LogP contribution in [-0.4, -0.2) is 153 Å². The number of aliphatic imine (C=N–C) groups is 1. The monoisotopic (exact) mass is 1140 g/mol. The van der Waals surface area contributed by atoms with Crippen molar-refractivity contribution in [3.8, 4) is 5.75 Å². The van der Waals surface area contributed by atoms with Crippen LogP contribution in [0, 0.1) is 0 Å². The fraction of sp³-hybridized carbons (Fsp3) is 0.551. The summed E-state index contributed by atoms with van der Waals surface area (Å²) in [7, 11) is 2.49. The molecule has 3 aliphatic rings. The average Bonchev–Trinajstić information content (AvgIpc) is 4.11. The number of likely N-dealkylation sites (tertiary alicyclic amines) is 1. The number of phenolic OH excluding ortho intramolecular Hbond substituents is 1. The summed E-state index contributed by atoms with van der Waals surface area (Å²) in [5.74, 6) is -9.61. The van der Waals surface area contributed by atoms with E-state index in [0.29, 0.717) is 29.7 Å². The summed E-state index contributed by atoms with van der Waals surface area (Å²) in [6, 6.07) is -0.394. The Hall–Kier alpha value is -7.14. The fourth-order valence-electron chi connectivity index (χ4n) is 9.24. The summed E-state index contributed by atoms with van der Waals surface area (Å²) in [6.45, 7) is -0.391. The number of benzene rings is 1. The molecule has 2 aromatic rings. The third-order valence-corrected chi connectivity index (χ3v) is 17.4. The highest BCUT2D eigenvalue weighted by molar-refractivity contribution is 8.77. The third-order valence-electron chi connectivity index (χ3n) is 13.2. The maximum Gasteiger partial charge on any atom is 0.246 e. The zero-order valence-corrected chi connectivity index (χ0v) is 45.4. The van der Waals surface area contributed by atoms with E-state index in [1.807, 2.05) is 0 Å². The van der Waals surface area contributed by atoms with Gasteiger partial charge in [-0.2, -0.15) is 0 Å². The molecule has 1 aromatic carbocycles. The molecule has 7 atom stereocenters. The van der Waals surface area contributed by atoms with Crippen LogP contribution < -0.4 is 65.9 Å². The molecule has 1 spiro atoms. The highest BCUT2D eigenvalue weighted by Gasteiger charge is 2.42. The van der Waals surface area contributed by atoms with Crippen LogP contribution in [0.4, 0.5) is 0 Å². The molecule has 18 N–H and O–H groups in total. The van der Waals surface area contributed by atoms with Gasteiger partial charge in [-0.25, -0.2) is 0 Å². The van der Waals surface area contributed by atoms with Gasteiger partial charge in [0.15, 0.2) is 5.96 Å². The smallest absolute Gasteiger partial charge is 0.246 e. The summed E-state index contributed by atoms with van der Waals surface area (Å²) in [4.78, 5) is 156. The summed E-state index contributed by atoms with van der Waals surface area (Å²) >= 11 is 1.29. The number of primary amides is 3. The van der Waals surface area contributed by atoms with E-state index in [1.165, 1.54) is 50.0 Å². The van der Waals surface area contributed by atoms with Gasteiger partial charge < -0.3 is 75.9 Å². The number of guanidine groups is 1. The van der Waals surface area contributed by atoms with Crippen molar-refractivity contribution in [2.75, 3.05) is 25.4 Å². The largest absolute Gasteiger partial charge is 0.508 e. The number of carbonyl (C=O) groups is 11. The first kappa shape index (κ1) is 61.7. The van der Waals surface area contributed by atoms with Gasteiger partial charge in [-0.05, 0) is 74.1 Å². The van der Waals surface area contributed by atoms with Crippen LogP contribution >= 0.6 is 32.9 Å². The standard InChI is InChI=1S/C49H70N14O12S3/c50-37(65)15-14-31-42(70)61-34(23-38(51)66)45(73)62-35(47(75)63-19-5-9-36(63)46(74)59-30(8-4-18-55-48(53)54)41(69)56-25-39(52)67)26-77-78-49(16-2-1-3-17-49)24-40(68)57-32(21-27-10-12-28(64)13-11-27)43(71)60-33(44(72)58-31)22-29-7-6-20-76-29/h6-7,10-13,20,30-36,64H,1-5,8-9,14-19,21-26H2,(H2,50,65)(H2,51,66)(H2,52,67)(H,56,69)(H,57,68)(H,58,72)(H,59,74)(H,60,71)(H,61,70)(H,62,73)(H4,53,54,55)/t30-,31-,32-,33-,34-,35-,36-/m0/s1. The summed E-state index contributed by atoms with van der Waals surface area (Å²) in [5, 5.41) is 30.1. The highest BCUT2D eigenvalue weighted by Crippen LogP contribution is 2.48. The molecule has 2 aliphatic heterocycles. The summed E-state index contributed by atoms with van der Waals surface area (Å²) in [5.41, 5.74) is 27.8. The molecule has 1 aromatic heterocycles. The van der Waals surface area contributed by atoms with Gasteiger partial charge in [0.25, 0.3) is 0 Å². The number of nitrogens with one attached hydrogen (secondary N) is 7. The van der Waals surface area contributed by atoms with E-state index in [-0.39, 0.29) is 69.1 Å². The van der Waals surface area contributed by atoms with Crippen LogP contribution in [0.5, 0.6) is 5.75 Å². The molecular formula is C49H70N14O12S3. The van der Waals surface area contributed by atoms with Crippen LogP contribution in [0.15, 0.2) is 46.8 Å². The lowest BCUT2D eigenvalue weighted by atomic mass is 9.85. The van der Waals surface area contributed by atoms with E-state index in [9.17, 15) is 57.8 Å². The molecule has 1 saturated carbocycles. The minimum atomic E-state index is -1.77. The number of amides is 11. The SMILES string of the molecule is NC(=O)CC[C@@H]1NC(=O)[C@H](Cc2cccs2)NC(=O)[C@H](Cc2ccc(O)cc2)NC(=O)CC2(CCCCC2)SSC[C@@H](C(=O)N2CCC[C@H]2C(=O)N[C@@H](CCCN=C(N)N)C(=O)NCC(N)=O)NC(=O)[C@H](CC(N)=O)NC1=O. The maximum atomic E-state index is 14.9. The minimum Gasteiger partial charge on any atom is -0.508 e. The number of carbonyl (C=O) groups excluding carboxylic acids is 11. The van der Waals surface area contributed by atoms with Gasteiger partial charge in [-0.15, -0.1) is 11.3 Å². The predicted octanol–water partition coefficient (Wildman–Crippen LogP) is -2.58. The van der Waals surface area contributed by atoms with Crippen molar-refractivity contribution < 1.29 is 57.8 Å². The second-order valence-corrected chi connectivity index (χ2v) is 23.2. The molecule has 11 amide bonds. The number of thiophene rings is 1. The minimum absolute atomic E-state index is 0.0160. The number of hydrogen-bond donors (Lipinski definition) is 13. The van der Waals surface area contributed by atoms with Crippen LogP contribution in [-0.2, 0) is 65.6 Å². The van der Waals surface area contributed by atoms with Crippen LogP contribution in [0.3, 0.4) is 0 Å². The molecule has 78 heavy (non-hydrogen) atoms. The van der Waals surface area contributed by atoms with Gasteiger partial charge in [-0.3, -0.25) is 57.7 Å². The fourth-order valence-corrected chi connectivity index (χ4v) is 13.4. The van der Waals surface area contributed by atoms with Crippen LogP contribution in [0.25, 0.3) is 0 Å². The average molecular weight is 1140 g/mol. The van der Waals surface area contributed by atoms with Gasteiger partial charge in [0, 0.05) is 54.1 Å². The van der Waals surface area contributed by atoms with Crippen molar-refractivity contribution in [1.29, 1.82) is 0 Å². The Bertz CT molecular complexity index is 2510. The van der Waals surface area contributed by atoms with Crippen molar-refractivity contribution >= 4 is 104 Å². The zero-order valence-electron chi connectivity index (χ0n) is 43.0. The van der Waals surface area contributed by atoms with Gasteiger partial charge in [0.05, 0.1) is 13.0 Å². The first-order chi connectivity index (χ1) is 37.1. The number of phenols is 1. The first-order valence-corrected chi connectivity index (χ1v) is 28.7. The molecule has 5 rings (SSSR count). The van der Waals surface area contributed by atoms with Crippen LogP contribution in [0.2, 0.25) is 0 Å². The first-order valence-electron chi connectivity index (χ1n) is 25.5. The number of nitrogens with zero attached hydrogens (tertiary/aromatic N) is 2. The Balaban J connectivity index is 1.52. The van der Waals surface area contributed by atoms with Crippen molar-refractivity contribution in [1.82, 2.24) is 42.1 Å². The Morgan fingerprint density at radius 3 is 2.06 bits per heavy atom. The Labute approximate surface area is 462 Å². The summed E-state index contributed by atoms with van der Waals surface area (Å²) in [6.07, 6.45) is 2.30. The van der Waals surface area contributed by atoms with E-state index in [1.54, 1.807) is 29.6 Å². The normalized spacial score (nSPS) is 23.0. The summed E-state index contributed by atoms with van der Waals surface area (Å²) < 4.78 is -0.754. The van der Waals surface area contributed by atoms with Crippen molar-refractivity contribution in [2.24, 2.45) is 33.7 Å². The Morgan fingerprint density at radius 2 is 1.42 bits per heavy atom. The Kier molecular flexibility index (Phi) is 23.8. The second kappa shape index (κ2) is 30.1. The van der Waals surface area contributed by atoms with Gasteiger partial charge in [0.2, 0.25) is 65.0 Å². The lowest BCUT2D eigenvalue weighted by Crippen LogP contribution is -2.61. The van der Waals surface area contributed by atoms with E-state index in [4.69, 9.17) is 28.7 Å². The lowest BCUT2D eigenvalue weighted by Gasteiger charge is -2.37. The van der Waals surface area contributed by atoms with Crippen molar-refractivity contribution in [3.63, 3.8) is 0 Å². The van der Waals surface area contributed by atoms with Crippen molar-refractivity contribution in [3.05, 3.63) is 52.2 Å². The second-order valence-electron chi connectivity index (χ2n) is 19.4. The molecule has 426 valence electrons. The van der Waals surface area contributed by atoms with E-state index < -0.39 is 138 Å². The van der Waals surface area contributed by atoms with E-state index in [2.05, 4.69) is 42.2 Å². The quantitative estimate of drug-likeness (QED) is 0.0297. The number of rotatable bonds is 19. The molecule has 3 heterocycles. The van der Waals surface area contributed by atoms with Crippen LogP contribution in [0.1, 0.15) is 93.9 Å². The molecule has 0 bridgehead atoms. The van der Waals surface area contributed by atoms with Crippen molar-refractivity contribution in [2.45, 2.75) is 143 Å². The molecule has 1 aliphatic carbocycles. The molecular weight excluding hydrogens is 1070 g/mol. The Morgan fingerprint density at radius 1 is 0.769 bits per heavy atom. The molecule has 2 saturated heterocycles. The van der Waals surface area contributed by atoms with E-state index in [0.717, 1.165) is 19.3 Å². The van der Waals surface area contributed by atoms with E-state index >= 15 is 0 Å². The molecule has 26 nitrogen and oxygen atoms in total. The number of aromatic hydroxyl groups is 1. The third kappa shape index (κ3) is 19.7. The number of hydrogen-bond acceptors (Lipinski definition) is 16. The topological polar surface area (TPSA) is 438 Å². The molecule has 3 fully saturated rings. The van der Waals surface area contributed by atoms with Gasteiger partial charge in [-0.1, -0.05) is 59.0 Å². The van der Waals surface area contributed by atoms with Gasteiger partial charge in [0.1, 0.15) is 48.0 Å². The molecule has 29 heteroatoms. The predicted molar refractivity (Wildman–Crippen MR) is 291 cm³/mol. The van der Waals surface area contributed by atoms with Gasteiger partial charge >= 0.3 is 0 Å².